The van der Waals surface area contributed by atoms with E-state index in [-0.39, 0.29) is 16.8 Å². The highest BCUT2D eigenvalue weighted by molar-refractivity contribution is 7.92. The Morgan fingerprint density at radius 1 is 0.969 bits per heavy atom. The summed E-state index contributed by atoms with van der Waals surface area (Å²) in [5, 5.41) is -0.552. The standard InChI is InChI=1S/C23H36N6O2S/c1-17(2)32(30,31)20-11-10-18(28-14-8-3-4-9-15-28)16-19(20)29-22(25)26-21(24)27-23(29)12-6-5-7-13-23/h10-11,16-17H,3-9,12-15H2,1-2H3,(H4,24,25,26,27). The lowest BCUT2D eigenvalue weighted by atomic mass is 9.87. The zero-order valence-electron chi connectivity index (χ0n) is 19.3. The summed E-state index contributed by atoms with van der Waals surface area (Å²) < 4.78 is 26.8. The van der Waals surface area contributed by atoms with Gasteiger partial charge in [0.05, 0.1) is 15.8 Å². The molecular weight excluding hydrogens is 424 g/mol. The molecule has 0 radical (unpaired) electrons. The summed E-state index contributed by atoms with van der Waals surface area (Å²) in [5.41, 5.74) is 13.4. The number of nitrogens with zero attached hydrogens (tertiary/aromatic N) is 4. The molecule has 0 amide bonds. The summed E-state index contributed by atoms with van der Waals surface area (Å²) in [5.74, 6) is 0.380. The highest BCUT2D eigenvalue weighted by atomic mass is 32.2. The number of sulfone groups is 1. The number of guanidine groups is 2. The van der Waals surface area contributed by atoms with Gasteiger partial charge in [-0.2, -0.15) is 4.99 Å². The number of hydrogen-bond acceptors (Lipinski definition) is 8. The first-order chi connectivity index (χ1) is 15.2. The lowest BCUT2D eigenvalue weighted by Crippen LogP contribution is -2.58. The monoisotopic (exact) mass is 460 g/mol. The molecule has 0 aromatic heterocycles. The summed E-state index contributed by atoms with van der Waals surface area (Å²) in [6.45, 7) is 5.36. The van der Waals surface area contributed by atoms with Crippen LogP contribution >= 0.6 is 0 Å². The van der Waals surface area contributed by atoms with Crippen LogP contribution in [0, 0.1) is 0 Å². The maximum absolute atomic E-state index is 13.4. The minimum Gasteiger partial charge on any atom is -0.371 e. The largest absolute Gasteiger partial charge is 0.371 e. The number of aliphatic imine (C=N–C) groups is 2. The number of hydrogen-bond donors (Lipinski definition) is 2. The highest BCUT2D eigenvalue weighted by Gasteiger charge is 2.44. The second-order valence-electron chi connectivity index (χ2n) is 9.47. The molecule has 176 valence electrons. The van der Waals surface area contributed by atoms with Gasteiger partial charge in [0, 0.05) is 18.8 Å². The summed E-state index contributed by atoms with van der Waals surface area (Å²) in [4.78, 5) is 13.5. The van der Waals surface area contributed by atoms with Gasteiger partial charge in [-0.15, -0.1) is 0 Å². The van der Waals surface area contributed by atoms with Crippen molar-refractivity contribution in [3.8, 4) is 0 Å². The van der Waals surface area contributed by atoms with Crippen molar-refractivity contribution in [1.82, 2.24) is 0 Å². The van der Waals surface area contributed by atoms with E-state index in [4.69, 9.17) is 16.5 Å². The molecule has 1 aliphatic carbocycles. The third-order valence-corrected chi connectivity index (χ3v) is 9.13. The molecule has 8 nitrogen and oxygen atoms in total. The van der Waals surface area contributed by atoms with Crippen molar-refractivity contribution >= 4 is 33.1 Å². The summed E-state index contributed by atoms with van der Waals surface area (Å²) in [6.07, 6.45) is 9.35. The van der Waals surface area contributed by atoms with Crippen LogP contribution in [0.5, 0.6) is 0 Å². The van der Waals surface area contributed by atoms with Gasteiger partial charge in [0.25, 0.3) is 0 Å². The number of anilines is 2. The van der Waals surface area contributed by atoms with Crippen LogP contribution < -0.4 is 21.3 Å². The first-order valence-electron chi connectivity index (χ1n) is 11.9. The predicted molar refractivity (Wildman–Crippen MR) is 131 cm³/mol. The van der Waals surface area contributed by atoms with Crippen LogP contribution in [0.15, 0.2) is 33.1 Å². The fourth-order valence-corrected chi connectivity index (χ4v) is 6.38. The minimum absolute atomic E-state index is 0.164. The normalized spacial score (nSPS) is 22.0. The lowest BCUT2D eigenvalue weighted by molar-refractivity contribution is 0.305. The van der Waals surface area contributed by atoms with Gasteiger partial charge in [-0.1, -0.05) is 19.3 Å². The van der Waals surface area contributed by atoms with E-state index < -0.39 is 20.8 Å². The summed E-state index contributed by atoms with van der Waals surface area (Å²) in [7, 11) is -3.55. The van der Waals surface area contributed by atoms with Gasteiger partial charge in [-0.05, 0) is 70.6 Å². The van der Waals surface area contributed by atoms with Gasteiger partial charge in [0.15, 0.2) is 9.84 Å². The van der Waals surface area contributed by atoms with Gasteiger partial charge in [0.1, 0.15) is 5.66 Å². The topological polar surface area (TPSA) is 117 Å². The average molecular weight is 461 g/mol. The number of rotatable bonds is 4. The van der Waals surface area contributed by atoms with Gasteiger partial charge >= 0.3 is 0 Å². The number of nitrogens with two attached hydrogens (primary N) is 2. The lowest BCUT2D eigenvalue weighted by Gasteiger charge is -2.46. The maximum atomic E-state index is 13.4. The zero-order chi connectivity index (χ0) is 22.9. The molecule has 4 rings (SSSR count). The van der Waals surface area contributed by atoms with Crippen molar-refractivity contribution in [2.45, 2.75) is 87.4 Å². The molecule has 1 saturated carbocycles. The SMILES string of the molecule is CC(C)S(=O)(=O)c1ccc(N2CCCCCC2)cc1N1C(N)=NC(N)=NC12CCCCC2. The summed E-state index contributed by atoms with van der Waals surface area (Å²) in [6, 6.07) is 5.67. The highest BCUT2D eigenvalue weighted by Crippen LogP contribution is 2.43. The van der Waals surface area contributed by atoms with E-state index in [0.717, 1.165) is 63.7 Å². The fraction of sp³-hybridized carbons (Fsp3) is 0.652. The minimum atomic E-state index is -3.55. The Morgan fingerprint density at radius 3 is 2.22 bits per heavy atom. The van der Waals surface area contributed by atoms with Crippen LogP contribution in [-0.4, -0.2) is 44.3 Å². The first-order valence-corrected chi connectivity index (χ1v) is 13.4. The molecule has 1 aromatic carbocycles. The van der Waals surface area contributed by atoms with Crippen LogP contribution in [0.3, 0.4) is 0 Å². The summed E-state index contributed by atoms with van der Waals surface area (Å²) >= 11 is 0. The van der Waals surface area contributed by atoms with Crippen molar-refractivity contribution in [2.75, 3.05) is 22.9 Å². The quantitative estimate of drug-likeness (QED) is 0.711. The second kappa shape index (κ2) is 8.92. The molecule has 9 heteroatoms. The van der Waals surface area contributed by atoms with E-state index in [0.29, 0.717) is 5.69 Å². The first kappa shape index (κ1) is 22.9. The van der Waals surface area contributed by atoms with E-state index in [2.05, 4.69) is 9.89 Å². The van der Waals surface area contributed by atoms with Gasteiger partial charge in [-0.25, -0.2) is 13.4 Å². The van der Waals surface area contributed by atoms with Crippen LogP contribution in [0.4, 0.5) is 11.4 Å². The molecule has 32 heavy (non-hydrogen) atoms. The molecule has 1 spiro atoms. The van der Waals surface area contributed by atoms with Crippen molar-refractivity contribution in [3.05, 3.63) is 18.2 Å². The Hall–Kier alpha value is -2.29. The molecule has 0 bridgehead atoms. The van der Waals surface area contributed by atoms with Crippen molar-refractivity contribution < 1.29 is 8.42 Å². The van der Waals surface area contributed by atoms with E-state index in [1.165, 1.54) is 12.8 Å². The molecule has 3 aliphatic rings. The second-order valence-corrected chi connectivity index (χ2v) is 11.9. The Balaban J connectivity index is 1.89. The third-order valence-electron chi connectivity index (χ3n) is 6.93. The average Bonchev–Trinajstić information content (AvgIpc) is 3.03. The Labute approximate surface area is 191 Å². The molecule has 2 aliphatic heterocycles. The Morgan fingerprint density at radius 2 is 1.59 bits per heavy atom. The molecule has 4 N–H and O–H groups in total. The zero-order valence-corrected chi connectivity index (χ0v) is 20.1. The molecule has 0 atom stereocenters. The predicted octanol–water partition coefficient (Wildman–Crippen LogP) is 3.36. The molecule has 0 unspecified atom stereocenters. The van der Waals surface area contributed by atoms with Crippen LogP contribution in [0.25, 0.3) is 0 Å². The Bertz CT molecular complexity index is 1000. The van der Waals surface area contributed by atoms with E-state index in [9.17, 15) is 8.42 Å². The third kappa shape index (κ3) is 4.19. The maximum Gasteiger partial charge on any atom is 0.220 e. The van der Waals surface area contributed by atoms with Crippen molar-refractivity contribution in [1.29, 1.82) is 0 Å². The Kier molecular flexibility index (Phi) is 6.38. The van der Waals surface area contributed by atoms with Crippen LogP contribution in [0.1, 0.15) is 71.6 Å². The van der Waals surface area contributed by atoms with E-state index >= 15 is 0 Å². The van der Waals surface area contributed by atoms with Crippen LogP contribution in [-0.2, 0) is 9.84 Å². The van der Waals surface area contributed by atoms with Gasteiger partial charge < -0.3 is 16.4 Å². The van der Waals surface area contributed by atoms with Crippen molar-refractivity contribution in [2.24, 2.45) is 21.5 Å². The molecule has 1 saturated heterocycles. The van der Waals surface area contributed by atoms with Crippen molar-refractivity contribution in [3.63, 3.8) is 0 Å². The molecule has 1 aromatic rings. The van der Waals surface area contributed by atoms with Gasteiger partial charge in [-0.3, -0.25) is 4.90 Å². The molecule has 2 heterocycles. The van der Waals surface area contributed by atoms with E-state index in [1.54, 1.807) is 19.9 Å². The smallest absolute Gasteiger partial charge is 0.220 e. The molecule has 2 fully saturated rings. The van der Waals surface area contributed by atoms with Crippen LogP contribution in [0.2, 0.25) is 0 Å². The van der Waals surface area contributed by atoms with Gasteiger partial charge in [0.2, 0.25) is 11.9 Å². The number of benzene rings is 1. The fourth-order valence-electron chi connectivity index (χ4n) is 5.17. The van der Waals surface area contributed by atoms with E-state index in [1.807, 2.05) is 17.0 Å². The molecular formula is C23H36N6O2S.